The van der Waals surface area contributed by atoms with E-state index in [4.69, 9.17) is 4.74 Å². The van der Waals surface area contributed by atoms with Crippen LogP contribution < -0.4 is 0 Å². The lowest BCUT2D eigenvalue weighted by Gasteiger charge is -2.17. The number of aliphatic imine (C=N–C) groups is 1. The van der Waals surface area contributed by atoms with Crippen LogP contribution in [0.4, 0.5) is 0 Å². The molecule has 2 atom stereocenters. The van der Waals surface area contributed by atoms with Crippen LogP contribution in [0, 0.1) is 6.92 Å². The normalized spacial score (nSPS) is 21.9. The maximum absolute atomic E-state index is 12.8. The number of hydrogen-bond donors (Lipinski definition) is 0. The van der Waals surface area contributed by atoms with Crippen molar-refractivity contribution in [1.29, 1.82) is 0 Å². The Kier molecular flexibility index (Phi) is 3.35. The minimum Gasteiger partial charge on any atom is -0.472 e. The molecule has 2 heterocycles. The molecule has 1 aromatic carbocycles. The van der Waals surface area contributed by atoms with Crippen molar-refractivity contribution >= 4 is 27.6 Å². The van der Waals surface area contributed by atoms with Crippen molar-refractivity contribution in [3.63, 3.8) is 0 Å². The molecule has 0 spiro atoms. The molecule has 6 heteroatoms. The second-order valence-corrected chi connectivity index (χ2v) is 7.36. The van der Waals surface area contributed by atoms with Gasteiger partial charge < -0.3 is 4.74 Å². The molecule has 104 valence electrons. The smallest absolute Gasteiger partial charge is 0.205 e. The predicted molar refractivity (Wildman–Crippen MR) is 78.8 cm³/mol. The van der Waals surface area contributed by atoms with Gasteiger partial charge in [0.1, 0.15) is 0 Å². The highest BCUT2D eigenvalue weighted by Crippen LogP contribution is 2.35. The van der Waals surface area contributed by atoms with Gasteiger partial charge in [-0.15, -0.1) is 0 Å². The summed E-state index contributed by atoms with van der Waals surface area (Å²) >= 11 is 1.51. The molecule has 4 nitrogen and oxygen atoms in total. The molecule has 3 rings (SSSR count). The summed E-state index contributed by atoms with van der Waals surface area (Å²) in [6, 6.07) is 8.80. The van der Waals surface area contributed by atoms with E-state index in [1.165, 1.54) is 17.7 Å². The molecule has 20 heavy (non-hydrogen) atoms. The molecule has 2 aromatic rings. The minimum atomic E-state index is -3.56. The highest BCUT2D eigenvalue weighted by molar-refractivity contribution is 7.92. The van der Waals surface area contributed by atoms with Crippen LogP contribution in [0.5, 0.6) is 0 Å². The molecule has 0 amide bonds. The highest BCUT2D eigenvalue weighted by Gasteiger charge is 2.40. The van der Waals surface area contributed by atoms with E-state index in [0.29, 0.717) is 4.90 Å². The van der Waals surface area contributed by atoms with Crippen LogP contribution in [0.1, 0.15) is 17.2 Å². The lowest BCUT2D eigenvalue weighted by molar-refractivity contribution is 0.228. The summed E-state index contributed by atoms with van der Waals surface area (Å²) in [6.07, 6.45) is 0.675. The van der Waals surface area contributed by atoms with Gasteiger partial charge in [-0.2, -0.15) is 11.3 Å². The number of thiophene rings is 1. The largest absolute Gasteiger partial charge is 0.472 e. The Balaban J connectivity index is 2.03. The Labute approximate surface area is 121 Å². The summed E-state index contributed by atoms with van der Waals surface area (Å²) in [6.45, 7) is 1.78. The van der Waals surface area contributed by atoms with Crippen molar-refractivity contribution < 1.29 is 13.2 Å². The monoisotopic (exact) mass is 307 g/mol. The molecule has 0 bridgehead atoms. The first-order chi connectivity index (χ1) is 9.60. The van der Waals surface area contributed by atoms with E-state index in [1.807, 2.05) is 22.9 Å². The van der Waals surface area contributed by atoms with Gasteiger partial charge in [-0.3, -0.25) is 0 Å². The van der Waals surface area contributed by atoms with Crippen molar-refractivity contribution in [2.24, 2.45) is 4.99 Å². The fraction of sp³-hybridized carbons (Fsp3) is 0.214. The van der Waals surface area contributed by atoms with Gasteiger partial charge in [0.25, 0.3) is 0 Å². The van der Waals surface area contributed by atoms with Gasteiger partial charge in [0, 0.05) is 5.56 Å². The molecule has 0 saturated heterocycles. The summed E-state index contributed by atoms with van der Waals surface area (Å²) in [5.74, 6) is 0. The van der Waals surface area contributed by atoms with Crippen LogP contribution >= 0.6 is 11.3 Å². The third-order valence-corrected chi connectivity index (χ3v) is 6.04. The van der Waals surface area contributed by atoms with E-state index in [2.05, 4.69) is 4.99 Å². The quantitative estimate of drug-likeness (QED) is 0.876. The van der Waals surface area contributed by atoms with Gasteiger partial charge in [0.2, 0.25) is 9.84 Å². The van der Waals surface area contributed by atoms with Crippen LogP contribution in [0.25, 0.3) is 0 Å². The van der Waals surface area contributed by atoms with Gasteiger partial charge in [-0.25, -0.2) is 13.4 Å². The van der Waals surface area contributed by atoms with E-state index >= 15 is 0 Å². The molecule has 0 saturated carbocycles. The van der Waals surface area contributed by atoms with Crippen molar-refractivity contribution in [2.75, 3.05) is 0 Å². The summed E-state index contributed by atoms with van der Waals surface area (Å²) in [5.41, 5.74) is 1.56. The average Bonchev–Trinajstić information content (AvgIpc) is 3.10. The molecule has 1 aliphatic heterocycles. The van der Waals surface area contributed by atoms with E-state index in [9.17, 15) is 8.42 Å². The Bertz CT molecular complexity index is 736. The molecular weight excluding hydrogens is 294 g/mol. The molecule has 1 aliphatic rings. The second kappa shape index (κ2) is 5.03. The lowest BCUT2D eigenvalue weighted by Crippen LogP contribution is -2.25. The number of nitrogens with zero attached hydrogens (tertiary/aromatic N) is 1. The maximum Gasteiger partial charge on any atom is 0.205 e. The molecular formula is C14H13NO3S2. The van der Waals surface area contributed by atoms with Crippen LogP contribution in [-0.2, 0) is 14.6 Å². The minimum absolute atomic E-state index is 0.313. The summed E-state index contributed by atoms with van der Waals surface area (Å²) in [5, 5.41) is 2.87. The number of aryl methyl sites for hydroxylation is 1. The summed E-state index contributed by atoms with van der Waals surface area (Å²) < 4.78 is 30.9. The highest BCUT2D eigenvalue weighted by atomic mass is 32.2. The van der Waals surface area contributed by atoms with Crippen LogP contribution in [0.15, 0.2) is 51.0 Å². The molecule has 1 aromatic heterocycles. The zero-order valence-corrected chi connectivity index (χ0v) is 12.4. The second-order valence-electron chi connectivity index (χ2n) is 4.57. The Morgan fingerprint density at radius 3 is 2.75 bits per heavy atom. The molecule has 0 aliphatic carbocycles. The standard InChI is InChI=1S/C14H13NO3S2/c1-10-4-2-3-5-12(10)20(16,17)14-13(18-9-15-14)11-6-7-19-8-11/h2-9,13-14H,1H3/t13-,14+/m0/s1. The number of hydrogen-bond acceptors (Lipinski definition) is 5. The number of sulfone groups is 1. The lowest BCUT2D eigenvalue weighted by atomic mass is 10.2. The Morgan fingerprint density at radius 2 is 2.05 bits per heavy atom. The van der Waals surface area contributed by atoms with E-state index < -0.39 is 21.3 Å². The molecule has 0 unspecified atom stereocenters. The molecule has 0 radical (unpaired) electrons. The number of rotatable bonds is 3. The number of ether oxygens (including phenoxy) is 1. The van der Waals surface area contributed by atoms with Crippen molar-refractivity contribution in [3.8, 4) is 0 Å². The third-order valence-electron chi connectivity index (χ3n) is 3.26. The first-order valence-corrected chi connectivity index (χ1v) is 8.58. The van der Waals surface area contributed by atoms with E-state index in [1.54, 1.807) is 25.1 Å². The van der Waals surface area contributed by atoms with E-state index in [-0.39, 0.29) is 0 Å². The SMILES string of the molecule is Cc1ccccc1S(=O)(=O)[C@H]1N=CO[C@H]1c1ccsc1. The van der Waals surface area contributed by atoms with Gasteiger partial charge in [-0.1, -0.05) is 18.2 Å². The first kappa shape index (κ1) is 13.3. The maximum atomic E-state index is 12.8. The van der Waals surface area contributed by atoms with Gasteiger partial charge >= 0.3 is 0 Å². The molecule has 0 fully saturated rings. The first-order valence-electron chi connectivity index (χ1n) is 6.09. The van der Waals surface area contributed by atoms with Crippen molar-refractivity contribution in [3.05, 3.63) is 52.2 Å². The van der Waals surface area contributed by atoms with Gasteiger partial charge in [-0.05, 0) is 35.4 Å². The van der Waals surface area contributed by atoms with Crippen molar-refractivity contribution in [2.45, 2.75) is 23.3 Å². The van der Waals surface area contributed by atoms with Crippen LogP contribution in [0.3, 0.4) is 0 Å². The van der Waals surface area contributed by atoms with Crippen LogP contribution in [-0.4, -0.2) is 20.2 Å². The Hall–Kier alpha value is -1.66. The fourth-order valence-electron chi connectivity index (χ4n) is 2.23. The average molecular weight is 307 g/mol. The summed E-state index contributed by atoms with van der Waals surface area (Å²) in [4.78, 5) is 4.34. The van der Waals surface area contributed by atoms with E-state index in [0.717, 1.165) is 11.1 Å². The van der Waals surface area contributed by atoms with Gasteiger partial charge in [0.05, 0.1) is 4.90 Å². The zero-order valence-electron chi connectivity index (χ0n) is 10.8. The summed E-state index contributed by atoms with van der Waals surface area (Å²) in [7, 11) is -3.56. The third kappa shape index (κ3) is 2.14. The Morgan fingerprint density at radius 1 is 1.25 bits per heavy atom. The zero-order chi connectivity index (χ0) is 14.2. The molecule has 0 N–H and O–H groups in total. The number of benzene rings is 1. The van der Waals surface area contributed by atoms with Crippen molar-refractivity contribution in [1.82, 2.24) is 0 Å². The van der Waals surface area contributed by atoms with Gasteiger partial charge in [0.15, 0.2) is 17.9 Å². The predicted octanol–water partition coefficient (Wildman–Crippen LogP) is 2.96. The topological polar surface area (TPSA) is 55.7 Å². The van der Waals surface area contributed by atoms with Crippen LogP contribution in [0.2, 0.25) is 0 Å². The fourth-order valence-corrected chi connectivity index (χ4v) is 4.72.